The molecule has 0 aliphatic heterocycles. The van der Waals surface area contributed by atoms with Gasteiger partial charge in [0.1, 0.15) is 5.60 Å². The van der Waals surface area contributed by atoms with Crippen LogP contribution in [0.5, 0.6) is 0 Å². The minimum Gasteiger partial charge on any atom is -0.444 e. The molecule has 0 saturated carbocycles. The fourth-order valence-corrected chi connectivity index (χ4v) is 2.37. The number of hydrogen-bond acceptors (Lipinski definition) is 4. The maximum atomic E-state index is 12.3. The van der Waals surface area contributed by atoms with Crippen LogP contribution in [0.25, 0.3) is 0 Å². The number of nitrogens with zero attached hydrogens (tertiary/aromatic N) is 3. The van der Waals surface area contributed by atoms with Gasteiger partial charge in [-0.15, -0.1) is 0 Å². The van der Waals surface area contributed by atoms with Gasteiger partial charge in [0.25, 0.3) is 0 Å². The van der Waals surface area contributed by atoms with Gasteiger partial charge in [-0.05, 0) is 46.2 Å². The van der Waals surface area contributed by atoms with E-state index in [1.54, 1.807) is 11.1 Å². The lowest BCUT2D eigenvalue weighted by Gasteiger charge is -2.27. The van der Waals surface area contributed by atoms with Crippen LogP contribution >= 0.6 is 0 Å². The Kier molecular flexibility index (Phi) is 10.2. The lowest BCUT2D eigenvalue weighted by atomic mass is 10.2. The molecule has 0 spiro atoms. The van der Waals surface area contributed by atoms with E-state index >= 15 is 0 Å². The number of aromatic nitrogens is 1. The highest BCUT2D eigenvalue weighted by Crippen LogP contribution is 2.10. The normalized spacial score (nSPS) is 11.8. The highest BCUT2D eigenvalue weighted by molar-refractivity contribution is 5.79. The van der Waals surface area contributed by atoms with Crippen LogP contribution < -0.4 is 10.6 Å². The van der Waals surface area contributed by atoms with Gasteiger partial charge in [0.2, 0.25) is 0 Å². The topological polar surface area (TPSA) is 78.9 Å². The molecule has 0 unspecified atom stereocenters. The number of aliphatic imine (C=N–C) groups is 1. The molecule has 0 saturated heterocycles. The van der Waals surface area contributed by atoms with Gasteiger partial charge in [-0.25, -0.2) is 4.79 Å². The van der Waals surface area contributed by atoms with Crippen molar-refractivity contribution in [1.29, 1.82) is 0 Å². The molecule has 1 aromatic rings. The van der Waals surface area contributed by atoms with Gasteiger partial charge in [0.15, 0.2) is 5.96 Å². The molecule has 7 nitrogen and oxygen atoms in total. The lowest BCUT2D eigenvalue weighted by Crippen LogP contribution is -2.44. The van der Waals surface area contributed by atoms with Crippen molar-refractivity contribution < 1.29 is 9.53 Å². The average molecular weight is 378 g/mol. The fraction of sp³-hybridized carbons (Fsp3) is 0.650. The summed E-state index contributed by atoms with van der Waals surface area (Å²) in [5.41, 5.74) is 0.536. The Labute approximate surface area is 163 Å². The third-order valence-corrected chi connectivity index (χ3v) is 3.53. The number of amides is 1. The predicted molar refractivity (Wildman–Crippen MR) is 110 cm³/mol. The van der Waals surface area contributed by atoms with Gasteiger partial charge in [-0.1, -0.05) is 13.0 Å². The van der Waals surface area contributed by atoms with Crippen LogP contribution in [0.15, 0.2) is 29.4 Å². The highest BCUT2D eigenvalue weighted by Gasteiger charge is 2.21. The maximum absolute atomic E-state index is 12.3. The quantitative estimate of drug-likeness (QED) is 0.511. The Morgan fingerprint density at radius 1 is 1.22 bits per heavy atom. The smallest absolute Gasteiger partial charge is 0.410 e. The number of nitrogens with one attached hydrogen (secondary N) is 2. The van der Waals surface area contributed by atoms with Crippen LogP contribution in [0.3, 0.4) is 0 Å². The van der Waals surface area contributed by atoms with Gasteiger partial charge >= 0.3 is 6.09 Å². The Balaban J connectivity index is 2.50. The van der Waals surface area contributed by atoms with Crippen LogP contribution in [0.4, 0.5) is 4.79 Å². The zero-order valence-corrected chi connectivity index (χ0v) is 17.4. The molecular formula is C20H35N5O2. The first-order chi connectivity index (χ1) is 12.9. The average Bonchev–Trinajstić information content (AvgIpc) is 2.60. The summed E-state index contributed by atoms with van der Waals surface area (Å²) in [6.45, 7) is 13.0. The highest BCUT2D eigenvalue weighted by atomic mass is 16.6. The van der Waals surface area contributed by atoms with Crippen molar-refractivity contribution in [3.8, 4) is 0 Å². The largest absolute Gasteiger partial charge is 0.444 e. The first-order valence-corrected chi connectivity index (χ1v) is 9.75. The monoisotopic (exact) mass is 377 g/mol. The van der Waals surface area contributed by atoms with Crippen molar-refractivity contribution in [2.75, 3.05) is 32.7 Å². The number of pyridine rings is 1. The van der Waals surface area contributed by atoms with Gasteiger partial charge in [0, 0.05) is 51.0 Å². The van der Waals surface area contributed by atoms with Crippen molar-refractivity contribution in [1.82, 2.24) is 20.5 Å². The second-order valence-electron chi connectivity index (χ2n) is 7.23. The summed E-state index contributed by atoms with van der Waals surface area (Å²) in [6.07, 6.45) is 3.19. The Hall–Kier alpha value is -2.31. The molecule has 0 aliphatic rings. The molecule has 7 heteroatoms. The number of ether oxygens (including phenoxy) is 1. The number of hydrogen-bond donors (Lipinski definition) is 2. The third kappa shape index (κ3) is 10.4. The minimum atomic E-state index is -0.488. The molecule has 1 rings (SSSR count). The van der Waals surface area contributed by atoms with Crippen LogP contribution in [0.1, 0.15) is 46.7 Å². The Morgan fingerprint density at radius 2 is 2.00 bits per heavy atom. The van der Waals surface area contributed by atoms with E-state index in [2.05, 4.69) is 20.6 Å². The molecule has 27 heavy (non-hydrogen) atoms. The molecule has 0 atom stereocenters. The van der Waals surface area contributed by atoms with E-state index in [0.717, 1.165) is 31.0 Å². The van der Waals surface area contributed by atoms with Crippen LogP contribution in [-0.4, -0.2) is 60.3 Å². The van der Waals surface area contributed by atoms with Gasteiger partial charge < -0.3 is 20.3 Å². The molecule has 2 N–H and O–H groups in total. The van der Waals surface area contributed by atoms with E-state index in [1.807, 2.05) is 52.8 Å². The summed E-state index contributed by atoms with van der Waals surface area (Å²) in [7, 11) is 0. The third-order valence-electron chi connectivity index (χ3n) is 3.53. The van der Waals surface area contributed by atoms with Gasteiger partial charge in [-0.3, -0.25) is 9.98 Å². The summed E-state index contributed by atoms with van der Waals surface area (Å²) >= 11 is 0. The second kappa shape index (κ2) is 12.1. The molecule has 1 aromatic heterocycles. The molecular weight excluding hydrogens is 342 g/mol. The molecule has 1 amide bonds. The van der Waals surface area contributed by atoms with Crippen LogP contribution in [0, 0.1) is 0 Å². The van der Waals surface area contributed by atoms with Gasteiger partial charge in [-0.2, -0.15) is 0 Å². The van der Waals surface area contributed by atoms with Crippen molar-refractivity contribution in [2.24, 2.45) is 4.99 Å². The van der Waals surface area contributed by atoms with E-state index < -0.39 is 5.60 Å². The molecule has 0 aromatic carbocycles. The zero-order valence-electron chi connectivity index (χ0n) is 17.4. The SMILES string of the molecule is CCCN(CCNC(=NCCc1ccccn1)NCC)C(=O)OC(C)(C)C. The van der Waals surface area contributed by atoms with E-state index in [9.17, 15) is 4.79 Å². The molecule has 152 valence electrons. The van der Waals surface area contributed by atoms with Crippen LogP contribution in [0.2, 0.25) is 0 Å². The summed E-state index contributed by atoms with van der Waals surface area (Å²) in [5.74, 6) is 0.745. The lowest BCUT2D eigenvalue weighted by molar-refractivity contribution is 0.0253. The molecule has 0 aliphatic carbocycles. The predicted octanol–water partition coefficient (Wildman–Crippen LogP) is 2.83. The maximum Gasteiger partial charge on any atom is 0.410 e. The minimum absolute atomic E-state index is 0.275. The number of carbonyl (C=O) groups is 1. The second-order valence-corrected chi connectivity index (χ2v) is 7.23. The summed E-state index contributed by atoms with van der Waals surface area (Å²) in [6, 6.07) is 5.89. The first kappa shape index (κ1) is 22.7. The van der Waals surface area contributed by atoms with Crippen molar-refractivity contribution in [2.45, 2.75) is 53.1 Å². The van der Waals surface area contributed by atoms with Crippen molar-refractivity contribution in [3.05, 3.63) is 30.1 Å². The van der Waals surface area contributed by atoms with E-state index in [4.69, 9.17) is 4.74 Å². The zero-order chi connectivity index (χ0) is 20.1. The van der Waals surface area contributed by atoms with E-state index in [-0.39, 0.29) is 6.09 Å². The first-order valence-electron chi connectivity index (χ1n) is 9.75. The standard InChI is InChI=1S/C20H35N5O2/c1-6-15-25(19(26)27-20(3,4)5)16-14-24-18(21-7-2)23-13-11-17-10-8-9-12-22-17/h8-10,12H,6-7,11,13-16H2,1-5H3,(H2,21,23,24). The summed E-state index contributed by atoms with van der Waals surface area (Å²) in [4.78, 5) is 22.9. The number of carbonyl (C=O) groups excluding carboxylic acids is 1. The van der Waals surface area contributed by atoms with Crippen molar-refractivity contribution in [3.63, 3.8) is 0 Å². The molecule has 0 radical (unpaired) electrons. The van der Waals surface area contributed by atoms with E-state index in [1.165, 1.54) is 0 Å². The fourth-order valence-electron chi connectivity index (χ4n) is 2.37. The number of rotatable bonds is 9. The summed E-state index contributed by atoms with van der Waals surface area (Å²) in [5, 5.41) is 6.51. The molecule has 1 heterocycles. The van der Waals surface area contributed by atoms with Crippen molar-refractivity contribution >= 4 is 12.1 Å². The van der Waals surface area contributed by atoms with Crippen LogP contribution in [-0.2, 0) is 11.2 Å². The summed E-state index contributed by atoms with van der Waals surface area (Å²) < 4.78 is 5.48. The molecule has 0 bridgehead atoms. The Bertz CT molecular complexity index is 569. The number of guanidine groups is 1. The Morgan fingerprint density at radius 3 is 2.59 bits per heavy atom. The molecule has 0 fully saturated rings. The van der Waals surface area contributed by atoms with E-state index in [0.29, 0.717) is 26.2 Å². The van der Waals surface area contributed by atoms with Gasteiger partial charge in [0.05, 0.1) is 0 Å².